The molecule has 1 aliphatic heterocycles. The number of halogens is 2. The number of esters is 1. The number of carbonyl (C=O) groups excluding carboxylic acids is 2. The second-order valence-corrected chi connectivity index (χ2v) is 8.39. The van der Waals surface area contributed by atoms with Crippen molar-refractivity contribution in [3.05, 3.63) is 59.6 Å². The first kappa shape index (κ1) is 19.3. The summed E-state index contributed by atoms with van der Waals surface area (Å²) in [5, 5.41) is 0. The van der Waals surface area contributed by atoms with E-state index in [1.165, 1.54) is 0 Å². The van der Waals surface area contributed by atoms with Gasteiger partial charge in [0, 0.05) is 24.1 Å². The Kier molecular flexibility index (Phi) is 6.00. The molecule has 0 radical (unpaired) electrons. The van der Waals surface area contributed by atoms with Gasteiger partial charge >= 0.3 is 5.97 Å². The van der Waals surface area contributed by atoms with Gasteiger partial charge in [0.15, 0.2) is 6.61 Å². The first-order valence-electron chi connectivity index (χ1n) is 7.97. The molecule has 8 heteroatoms. The third-order valence-electron chi connectivity index (χ3n) is 4.14. The van der Waals surface area contributed by atoms with E-state index in [0.29, 0.717) is 7.14 Å². The number of pyridine rings is 1. The maximum atomic E-state index is 12.5. The quantitative estimate of drug-likeness (QED) is 0.414. The number of para-hydroxylation sites is 1. The first-order chi connectivity index (χ1) is 12.4. The standard InChI is InChI=1S/C18H16I2N2O4/c1-11-6-12-4-2-3-5-15(12)22(11)16(23)10-26-17(24)9-21-7-13(19)18(25)14(20)8-21/h2-5,7-8,11H,6,9-10H2,1H3/t11-/m0/s1. The van der Waals surface area contributed by atoms with E-state index in [1.54, 1.807) is 21.9 Å². The van der Waals surface area contributed by atoms with Gasteiger partial charge in [0.2, 0.25) is 5.43 Å². The van der Waals surface area contributed by atoms with Crippen LogP contribution < -0.4 is 10.3 Å². The number of anilines is 1. The molecule has 0 aliphatic carbocycles. The highest BCUT2D eigenvalue weighted by Crippen LogP contribution is 2.31. The van der Waals surface area contributed by atoms with Crippen LogP contribution >= 0.6 is 45.2 Å². The number of nitrogens with zero attached hydrogens (tertiary/aromatic N) is 2. The maximum Gasteiger partial charge on any atom is 0.326 e. The summed E-state index contributed by atoms with van der Waals surface area (Å²) in [7, 11) is 0. The van der Waals surface area contributed by atoms with Crippen LogP contribution in [-0.4, -0.2) is 29.1 Å². The van der Waals surface area contributed by atoms with Gasteiger partial charge in [-0.1, -0.05) is 18.2 Å². The van der Waals surface area contributed by atoms with Crippen molar-refractivity contribution in [1.29, 1.82) is 0 Å². The second-order valence-electron chi connectivity index (χ2n) is 6.06. The van der Waals surface area contributed by atoms with E-state index in [0.717, 1.165) is 17.7 Å². The van der Waals surface area contributed by atoms with Crippen LogP contribution in [-0.2, 0) is 27.3 Å². The molecule has 0 fully saturated rings. The zero-order valence-corrected chi connectivity index (χ0v) is 18.3. The molecule has 0 bridgehead atoms. The molecule has 0 saturated carbocycles. The van der Waals surface area contributed by atoms with Gasteiger partial charge in [-0.3, -0.25) is 14.4 Å². The molecule has 0 unspecified atom stereocenters. The number of hydrogen-bond acceptors (Lipinski definition) is 4. The number of carbonyl (C=O) groups is 2. The van der Waals surface area contributed by atoms with E-state index in [4.69, 9.17) is 4.74 Å². The summed E-state index contributed by atoms with van der Waals surface area (Å²) in [5.41, 5.74) is 1.94. The Morgan fingerprint density at radius 2 is 1.85 bits per heavy atom. The van der Waals surface area contributed by atoms with Gasteiger partial charge in [-0.15, -0.1) is 0 Å². The average molecular weight is 578 g/mol. The fraction of sp³-hybridized carbons (Fsp3) is 0.278. The van der Waals surface area contributed by atoms with Crippen LogP contribution in [0.3, 0.4) is 0 Å². The molecule has 2 heterocycles. The first-order valence-corrected chi connectivity index (χ1v) is 10.1. The highest BCUT2D eigenvalue weighted by atomic mass is 127. The van der Waals surface area contributed by atoms with Crippen molar-refractivity contribution in [3.63, 3.8) is 0 Å². The summed E-state index contributed by atoms with van der Waals surface area (Å²) in [6.07, 6.45) is 3.98. The molecule has 26 heavy (non-hydrogen) atoms. The Labute approximate surface area is 177 Å². The third-order valence-corrected chi connectivity index (χ3v) is 5.67. The molecule has 1 aliphatic rings. The van der Waals surface area contributed by atoms with Crippen molar-refractivity contribution in [2.75, 3.05) is 11.5 Å². The van der Waals surface area contributed by atoms with Gasteiger partial charge in [0.05, 0.1) is 7.14 Å². The Balaban J connectivity index is 1.61. The lowest BCUT2D eigenvalue weighted by Gasteiger charge is -2.22. The van der Waals surface area contributed by atoms with Crippen molar-refractivity contribution in [3.8, 4) is 0 Å². The highest BCUT2D eigenvalue weighted by molar-refractivity contribution is 14.1. The second kappa shape index (κ2) is 8.07. The minimum Gasteiger partial charge on any atom is -0.454 e. The lowest BCUT2D eigenvalue weighted by Crippen LogP contribution is -2.39. The van der Waals surface area contributed by atoms with Crippen LogP contribution in [0.5, 0.6) is 0 Å². The van der Waals surface area contributed by atoms with Gasteiger partial charge in [-0.05, 0) is 70.2 Å². The lowest BCUT2D eigenvalue weighted by atomic mass is 10.1. The van der Waals surface area contributed by atoms with Crippen LogP contribution in [0, 0.1) is 7.14 Å². The van der Waals surface area contributed by atoms with Crippen molar-refractivity contribution in [2.45, 2.75) is 25.9 Å². The number of benzene rings is 1. The molecule has 0 spiro atoms. The fourth-order valence-electron chi connectivity index (χ4n) is 3.00. The predicted octanol–water partition coefficient (Wildman–Crippen LogP) is 2.58. The predicted molar refractivity (Wildman–Crippen MR) is 114 cm³/mol. The number of rotatable bonds is 4. The molecule has 2 aromatic rings. The van der Waals surface area contributed by atoms with E-state index in [9.17, 15) is 14.4 Å². The minimum absolute atomic E-state index is 0.0423. The Bertz CT molecular complexity index is 899. The Morgan fingerprint density at radius 1 is 1.19 bits per heavy atom. The van der Waals surface area contributed by atoms with Gasteiger partial charge in [-0.2, -0.15) is 0 Å². The number of fused-ring (bicyclic) bond motifs is 1. The molecule has 1 aromatic carbocycles. The summed E-state index contributed by atoms with van der Waals surface area (Å²) < 4.78 is 7.81. The van der Waals surface area contributed by atoms with Crippen molar-refractivity contribution in [2.24, 2.45) is 0 Å². The van der Waals surface area contributed by atoms with Gasteiger partial charge < -0.3 is 14.2 Å². The summed E-state index contributed by atoms with van der Waals surface area (Å²) in [6.45, 7) is 1.63. The van der Waals surface area contributed by atoms with Gasteiger partial charge in [0.1, 0.15) is 6.54 Å². The van der Waals surface area contributed by atoms with Crippen LogP contribution in [0.4, 0.5) is 5.69 Å². The van der Waals surface area contributed by atoms with E-state index >= 15 is 0 Å². The number of amides is 1. The van der Waals surface area contributed by atoms with Crippen molar-refractivity contribution < 1.29 is 14.3 Å². The topological polar surface area (TPSA) is 68.6 Å². The summed E-state index contributed by atoms with van der Waals surface area (Å²) >= 11 is 3.86. The molecule has 0 N–H and O–H groups in total. The van der Waals surface area contributed by atoms with Crippen LogP contribution in [0.2, 0.25) is 0 Å². The molecule has 6 nitrogen and oxygen atoms in total. The molecule has 1 aromatic heterocycles. The molecule has 1 amide bonds. The van der Waals surface area contributed by atoms with Crippen LogP contribution in [0.1, 0.15) is 12.5 Å². The molecular weight excluding hydrogens is 562 g/mol. The average Bonchev–Trinajstić information content (AvgIpc) is 2.93. The molecule has 0 saturated heterocycles. The van der Waals surface area contributed by atoms with Crippen LogP contribution in [0.25, 0.3) is 0 Å². The van der Waals surface area contributed by atoms with E-state index < -0.39 is 5.97 Å². The molecule has 3 rings (SSSR count). The molecule has 1 atom stereocenters. The van der Waals surface area contributed by atoms with Crippen LogP contribution in [0.15, 0.2) is 41.5 Å². The summed E-state index contributed by atoms with van der Waals surface area (Å²) in [6, 6.07) is 7.80. The fourth-order valence-corrected chi connectivity index (χ4v) is 4.82. The monoisotopic (exact) mass is 578 g/mol. The number of ether oxygens (including phenoxy) is 1. The van der Waals surface area contributed by atoms with E-state index in [-0.39, 0.29) is 30.5 Å². The molecule has 136 valence electrons. The number of aromatic nitrogens is 1. The zero-order chi connectivity index (χ0) is 18.8. The zero-order valence-electron chi connectivity index (χ0n) is 13.9. The Morgan fingerprint density at radius 3 is 2.54 bits per heavy atom. The lowest BCUT2D eigenvalue weighted by molar-refractivity contribution is -0.148. The Hall–Kier alpha value is -1.43. The summed E-state index contributed by atoms with van der Waals surface area (Å²) in [4.78, 5) is 38.0. The smallest absolute Gasteiger partial charge is 0.326 e. The minimum atomic E-state index is -0.520. The largest absolute Gasteiger partial charge is 0.454 e. The van der Waals surface area contributed by atoms with Gasteiger partial charge in [0.25, 0.3) is 5.91 Å². The normalized spacial score (nSPS) is 15.7. The SMILES string of the molecule is C[C@H]1Cc2ccccc2N1C(=O)COC(=O)Cn1cc(I)c(=O)c(I)c1. The number of hydrogen-bond donors (Lipinski definition) is 0. The van der Waals surface area contributed by atoms with Crippen molar-refractivity contribution >= 4 is 62.7 Å². The summed E-state index contributed by atoms with van der Waals surface area (Å²) in [5.74, 6) is -0.756. The van der Waals surface area contributed by atoms with E-state index in [1.807, 2.05) is 76.4 Å². The van der Waals surface area contributed by atoms with Crippen molar-refractivity contribution in [1.82, 2.24) is 4.57 Å². The highest BCUT2D eigenvalue weighted by Gasteiger charge is 2.30. The van der Waals surface area contributed by atoms with Gasteiger partial charge in [-0.25, -0.2) is 0 Å². The third kappa shape index (κ3) is 4.11. The van der Waals surface area contributed by atoms with E-state index in [2.05, 4.69) is 0 Å². The maximum absolute atomic E-state index is 12.5. The molecular formula is C18H16I2N2O4.